The Morgan fingerprint density at radius 1 is 1.05 bits per heavy atom. The molecular formula is C18H39N3. The molecule has 3 nitrogen and oxygen atoms in total. The van der Waals surface area contributed by atoms with Gasteiger partial charge in [0, 0.05) is 18.6 Å². The van der Waals surface area contributed by atoms with Crippen molar-refractivity contribution in [2.24, 2.45) is 23.5 Å². The molecule has 0 aliphatic carbocycles. The Hall–Kier alpha value is -0.120. The lowest BCUT2D eigenvalue weighted by atomic mass is 9.78. The van der Waals surface area contributed by atoms with Gasteiger partial charge in [-0.15, -0.1) is 0 Å². The molecule has 1 rings (SSSR count). The highest BCUT2D eigenvalue weighted by molar-refractivity contribution is 4.95. The van der Waals surface area contributed by atoms with Gasteiger partial charge in [0.1, 0.15) is 0 Å². The van der Waals surface area contributed by atoms with Gasteiger partial charge in [0.25, 0.3) is 0 Å². The zero-order valence-corrected chi connectivity index (χ0v) is 15.4. The van der Waals surface area contributed by atoms with Crippen LogP contribution in [0.2, 0.25) is 0 Å². The number of hydrogen-bond donors (Lipinski definition) is 1. The fraction of sp³-hybridized carbons (Fsp3) is 1.00. The summed E-state index contributed by atoms with van der Waals surface area (Å²) in [5.74, 6) is 2.29. The van der Waals surface area contributed by atoms with Crippen molar-refractivity contribution >= 4 is 0 Å². The fourth-order valence-corrected chi connectivity index (χ4v) is 4.26. The lowest BCUT2D eigenvalue weighted by molar-refractivity contribution is 0.0204. The van der Waals surface area contributed by atoms with Gasteiger partial charge in [0.15, 0.2) is 0 Å². The molecule has 126 valence electrons. The first kappa shape index (κ1) is 18.9. The van der Waals surface area contributed by atoms with Crippen LogP contribution in [0.25, 0.3) is 0 Å². The van der Waals surface area contributed by atoms with E-state index < -0.39 is 0 Å². The maximum atomic E-state index is 6.30. The van der Waals surface area contributed by atoms with Crippen LogP contribution in [0, 0.1) is 17.8 Å². The average molecular weight is 298 g/mol. The Morgan fingerprint density at radius 3 is 1.86 bits per heavy atom. The van der Waals surface area contributed by atoms with Gasteiger partial charge in [-0.25, -0.2) is 0 Å². The zero-order chi connectivity index (χ0) is 16.0. The molecule has 0 aromatic rings. The highest BCUT2D eigenvalue weighted by Gasteiger charge is 2.38. The molecule has 1 fully saturated rings. The van der Waals surface area contributed by atoms with Gasteiger partial charge in [-0.1, -0.05) is 27.7 Å². The quantitative estimate of drug-likeness (QED) is 0.747. The van der Waals surface area contributed by atoms with Crippen LogP contribution in [0.5, 0.6) is 0 Å². The summed E-state index contributed by atoms with van der Waals surface area (Å²) in [6, 6.07) is 0. The summed E-state index contributed by atoms with van der Waals surface area (Å²) >= 11 is 0. The minimum atomic E-state index is 0.228. The van der Waals surface area contributed by atoms with E-state index >= 15 is 0 Å². The Balaban J connectivity index is 2.71. The number of piperidine rings is 1. The average Bonchev–Trinajstić information content (AvgIpc) is 2.36. The molecule has 0 aromatic carbocycles. The number of hydrogen-bond acceptors (Lipinski definition) is 3. The summed E-state index contributed by atoms with van der Waals surface area (Å²) < 4.78 is 0. The van der Waals surface area contributed by atoms with Crippen molar-refractivity contribution < 1.29 is 0 Å². The first-order chi connectivity index (χ1) is 9.79. The zero-order valence-electron chi connectivity index (χ0n) is 15.4. The second-order valence-electron chi connectivity index (χ2n) is 8.32. The highest BCUT2D eigenvalue weighted by atomic mass is 15.2. The number of nitrogens with two attached hydrogens (primary N) is 1. The van der Waals surface area contributed by atoms with Gasteiger partial charge in [-0.3, -0.25) is 4.90 Å². The van der Waals surface area contributed by atoms with Gasteiger partial charge in [0.05, 0.1) is 0 Å². The molecule has 1 aliphatic heterocycles. The van der Waals surface area contributed by atoms with Gasteiger partial charge < -0.3 is 10.6 Å². The molecule has 0 amide bonds. The largest absolute Gasteiger partial charge is 0.329 e. The normalized spacial score (nSPS) is 19.1. The Labute approximate surface area is 133 Å². The molecular weight excluding hydrogens is 258 g/mol. The maximum absolute atomic E-state index is 6.30. The third-order valence-corrected chi connectivity index (χ3v) is 4.87. The summed E-state index contributed by atoms with van der Waals surface area (Å²) in [6.07, 6.45) is 5.13. The molecule has 0 radical (unpaired) electrons. The molecule has 0 aromatic heterocycles. The minimum Gasteiger partial charge on any atom is -0.329 e. The van der Waals surface area contributed by atoms with E-state index in [0.29, 0.717) is 11.8 Å². The molecule has 1 saturated heterocycles. The second kappa shape index (κ2) is 8.50. The van der Waals surface area contributed by atoms with Crippen LogP contribution in [0.4, 0.5) is 0 Å². The fourth-order valence-electron chi connectivity index (χ4n) is 4.26. The van der Waals surface area contributed by atoms with E-state index in [1.165, 1.54) is 45.3 Å². The van der Waals surface area contributed by atoms with Gasteiger partial charge in [-0.2, -0.15) is 0 Å². The highest BCUT2D eigenvalue weighted by Crippen LogP contribution is 2.34. The lowest BCUT2D eigenvalue weighted by Gasteiger charge is -2.49. The third-order valence-electron chi connectivity index (χ3n) is 4.87. The van der Waals surface area contributed by atoms with E-state index in [-0.39, 0.29) is 5.54 Å². The van der Waals surface area contributed by atoms with E-state index in [2.05, 4.69) is 51.6 Å². The predicted molar refractivity (Wildman–Crippen MR) is 93.5 cm³/mol. The predicted octanol–water partition coefficient (Wildman–Crippen LogP) is 3.05. The molecule has 1 heterocycles. The SMILES string of the molecule is CC(C)CC(CN)(CC(C)C)N1CCC(CN(C)C)CC1. The first-order valence-electron chi connectivity index (χ1n) is 8.89. The minimum absolute atomic E-state index is 0.228. The van der Waals surface area contributed by atoms with Gasteiger partial charge >= 0.3 is 0 Å². The van der Waals surface area contributed by atoms with Crippen molar-refractivity contribution in [2.75, 3.05) is 40.3 Å². The van der Waals surface area contributed by atoms with Crippen LogP contribution in [0.1, 0.15) is 53.4 Å². The Bertz CT molecular complexity index is 268. The smallest absolute Gasteiger partial charge is 0.0336 e. The van der Waals surface area contributed by atoms with Gasteiger partial charge in [-0.05, 0) is 70.6 Å². The maximum Gasteiger partial charge on any atom is 0.0336 e. The Morgan fingerprint density at radius 2 is 1.52 bits per heavy atom. The van der Waals surface area contributed by atoms with Crippen LogP contribution in [0.15, 0.2) is 0 Å². The first-order valence-corrected chi connectivity index (χ1v) is 8.89. The molecule has 3 heteroatoms. The second-order valence-corrected chi connectivity index (χ2v) is 8.32. The molecule has 2 N–H and O–H groups in total. The molecule has 1 aliphatic rings. The van der Waals surface area contributed by atoms with E-state index in [1.54, 1.807) is 0 Å². The molecule has 0 saturated carbocycles. The monoisotopic (exact) mass is 297 g/mol. The van der Waals surface area contributed by atoms with E-state index in [0.717, 1.165) is 12.5 Å². The van der Waals surface area contributed by atoms with Crippen LogP contribution in [0.3, 0.4) is 0 Å². The van der Waals surface area contributed by atoms with Crippen molar-refractivity contribution in [3.63, 3.8) is 0 Å². The van der Waals surface area contributed by atoms with Crippen molar-refractivity contribution in [3.05, 3.63) is 0 Å². The molecule has 21 heavy (non-hydrogen) atoms. The third kappa shape index (κ3) is 5.88. The van der Waals surface area contributed by atoms with Crippen LogP contribution in [-0.4, -0.2) is 55.6 Å². The van der Waals surface area contributed by atoms with Crippen molar-refractivity contribution in [2.45, 2.75) is 58.9 Å². The van der Waals surface area contributed by atoms with E-state index in [4.69, 9.17) is 5.73 Å². The molecule has 0 atom stereocenters. The van der Waals surface area contributed by atoms with Crippen molar-refractivity contribution in [1.29, 1.82) is 0 Å². The standard InChI is InChI=1S/C18H39N3/c1-15(2)11-18(14-19,12-16(3)4)21-9-7-17(8-10-21)13-20(5)6/h15-17H,7-14,19H2,1-6H3. The van der Waals surface area contributed by atoms with Crippen LogP contribution >= 0.6 is 0 Å². The lowest BCUT2D eigenvalue weighted by Crippen LogP contribution is -2.58. The summed E-state index contributed by atoms with van der Waals surface area (Å²) in [5.41, 5.74) is 6.53. The number of nitrogens with zero attached hydrogens (tertiary/aromatic N) is 2. The topological polar surface area (TPSA) is 32.5 Å². The van der Waals surface area contributed by atoms with Crippen molar-refractivity contribution in [1.82, 2.24) is 9.80 Å². The van der Waals surface area contributed by atoms with Crippen molar-refractivity contribution in [3.8, 4) is 0 Å². The van der Waals surface area contributed by atoms with Crippen LogP contribution < -0.4 is 5.73 Å². The Kier molecular flexibility index (Phi) is 7.66. The van der Waals surface area contributed by atoms with Gasteiger partial charge in [0.2, 0.25) is 0 Å². The molecule has 0 bridgehead atoms. The summed E-state index contributed by atoms with van der Waals surface area (Å²) in [6.45, 7) is 13.9. The molecule has 0 spiro atoms. The number of likely N-dealkylation sites (tertiary alicyclic amines) is 1. The van der Waals surface area contributed by atoms with E-state index in [1.807, 2.05) is 0 Å². The van der Waals surface area contributed by atoms with E-state index in [9.17, 15) is 0 Å². The number of rotatable bonds is 8. The van der Waals surface area contributed by atoms with Crippen LogP contribution in [-0.2, 0) is 0 Å². The summed E-state index contributed by atoms with van der Waals surface area (Å²) in [7, 11) is 4.38. The summed E-state index contributed by atoms with van der Waals surface area (Å²) in [4.78, 5) is 5.07. The summed E-state index contributed by atoms with van der Waals surface area (Å²) in [5, 5.41) is 0. The molecule has 0 unspecified atom stereocenters.